The highest BCUT2D eigenvalue weighted by atomic mass is 35.5. The Balaban J connectivity index is 2.19. The average molecular weight is 250 g/mol. The van der Waals surface area contributed by atoms with Crippen LogP contribution in [0.25, 0.3) is 0 Å². The molecule has 1 aromatic heterocycles. The third-order valence-electron chi connectivity index (χ3n) is 2.21. The first-order valence-electron chi connectivity index (χ1n) is 5.01. The topological polar surface area (TPSA) is 60.2 Å². The van der Waals surface area contributed by atoms with Gasteiger partial charge in [0.15, 0.2) is 0 Å². The van der Waals surface area contributed by atoms with E-state index in [0.29, 0.717) is 22.3 Å². The van der Waals surface area contributed by atoms with Crippen LogP contribution in [0.4, 0.5) is 17.2 Å². The predicted octanol–water partition coefficient (Wildman–Crippen LogP) is 3.07. The Hall–Kier alpha value is -1.94. The Morgan fingerprint density at radius 3 is 2.71 bits per heavy atom. The number of nitrogens with two attached hydrogens (primary N) is 1. The predicted molar refractivity (Wildman–Crippen MR) is 69.9 cm³/mol. The summed E-state index contributed by atoms with van der Waals surface area (Å²) in [5.41, 5.74) is 7.02. The van der Waals surface area contributed by atoms with Crippen molar-refractivity contribution in [3.63, 3.8) is 0 Å². The van der Waals surface area contributed by atoms with Crippen molar-refractivity contribution in [2.24, 2.45) is 0 Å². The zero-order chi connectivity index (χ0) is 12.3. The van der Waals surface area contributed by atoms with Gasteiger partial charge in [-0.15, -0.1) is 0 Å². The Morgan fingerprint density at radius 2 is 2.12 bits per heavy atom. The molecule has 0 fully saturated rings. The fourth-order valence-electron chi connectivity index (χ4n) is 1.37. The number of nitrogens with one attached hydrogen (secondary N) is 1. The molecular weight excluding hydrogens is 238 g/mol. The van der Waals surface area contributed by atoms with Crippen LogP contribution in [0.15, 0.2) is 36.5 Å². The molecule has 1 aromatic carbocycles. The molecule has 0 spiro atoms. The van der Waals surface area contributed by atoms with E-state index in [1.165, 1.54) is 0 Å². The summed E-state index contributed by atoms with van der Waals surface area (Å²) in [5.74, 6) is 1.35. The number of pyridine rings is 1. The molecule has 4 nitrogen and oxygen atoms in total. The number of methoxy groups -OCH3 is 1. The van der Waals surface area contributed by atoms with E-state index in [4.69, 9.17) is 22.1 Å². The van der Waals surface area contributed by atoms with Gasteiger partial charge in [-0.25, -0.2) is 4.98 Å². The van der Waals surface area contributed by atoms with E-state index < -0.39 is 0 Å². The van der Waals surface area contributed by atoms with Crippen LogP contribution in [0.1, 0.15) is 0 Å². The van der Waals surface area contributed by atoms with Gasteiger partial charge >= 0.3 is 0 Å². The molecule has 2 aromatic rings. The number of nitrogens with zero attached hydrogens (tertiary/aromatic N) is 1. The number of rotatable bonds is 3. The van der Waals surface area contributed by atoms with Crippen molar-refractivity contribution in [3.8, 4) is 5.75 Å². The van der Waals surface area contributed by atoms with Crippen LogP contribution in [0.5, 0.6) is 5.75 Å². The molecule has 0 amide bonds. The van der Waals surface area contributed by atoms with Crippen molar-refractivity contribution in [1.82, 2.24) is 4.98 Å². The quantitative estimate of drug-likeness (QED) is 0.878. The normalized spacial score (nSPS) is 10.0. The van der Waals surface area contributed by atoms with E-state index in [0.717, 1.165) is 5.69 Å². The number of nitrogen functional groups attached to an aromatic ring is 1. The van der Waals surface area contributed by atoms with Crippen molar-refractivity contribution in [1.29, 1.82) is 0 Å². The molecule has 2 rings (SSSR count). The van der Waals surface area contributed by atoms with Crippen LogP contribution in [0.3, 0.4) is 0 Å². The maximum atomic E-state index is 6.02. The number of hydrogen-bond acceptors (Lipinski definition) is 4. The lowest BCUT2D eigenvalue weighted by Gasteiger charge is -2.08. The van der Waals surface area contributed by atoms with Gasteiger partial charge in [0.2, 0.25) is 0 Å². The lowest BCUT2D eigenvalue weighted by molar-refractivity contribution is 0.415. The lowest BCUT2D eigenvalue weighted by atomic mass is 10.3. The SMILES string of the molecule is COc1ccc(Nc2ccc(N)cn2)cc1Cl. The lowest BCUT2D eigenvalue weighted by Crippen LogP contribution is -1.95. The second kappa shape index (κ2) is 4.93. The van der Waals surface area contributed by atoms with Crippen LogP contribution in [0.2, 0.25) is 5.02 Å². The fourth-order valence-corrected chi connectivity index (χ4v) is 1.63. The minimum atomic E-state index is 0.549. The molecule has 1 heterocycles. The van der Waals surface area contributed by atoms with Crippen LogP contribution >= 0.6 is 11.6 Å². The van der Waals surface area contributed by atoms with Gasteiger partial charge in [-0.1, -0.05) is 11.6 Å². The zero-order valence-electron chi connectivity index (χ0n) is 9.27. The zero-order valence-corrected chi connectivity index (χ0v) is 10.0. The highest BCUT2D eigenvalue weighted by Crippen LogP contribution is 2.28. The molecule has 0 saturated heterocycles. The van der Waals surface area contributed by atoms with Gasteiger partial charge in [0.25, 0.3) is 0 Å². The molecular formula is C12H12ClN3O. The molecule has 3 N–H and O–H groups in total. The number of aromatic nitrogens is 1. The highest BCUT2D eigenvalue weighted by Gasteiger charge is 2.02. The summed E-state index contributed by atoms with van der Waals surface area (Å²) in [6.07, 6.45) is 1.59. The summed E-state index contributed by atoms with van der Waals surface area (Å²) in [6.45, 7) is 0. The van der Waals surface area contributed by atoms with E-state index in [-0.39, 0.29) is 0 Å². The van der Waals surface area contributed by atoms with Crippen LogP contribution < -0.4 is 15.8 Å². The van der Waals surface area contributed by atoms with E-state index in [1.807, 2.05) is 6.07 Å². The summed E-state index contributed by atoms with van der Waals surface area (Å²) in [7, 11) is 1.58. The molecule has 0 saturated carbocycles. The monoisotopic (exact) mass is 249 g/mol. The largest absolute Gasteiger partial charge is 0.495 e. The highest BCUT2D eigenvalue weighted by molar-refractivity contribution is 6.32. The molecule has 0 atom stereocenters. The number of benzene rings is 1. The number of ether oxygens (including phenoxy) is 1. The smallest absolute Gasteiger partial charge is 0.137 e. The van der Waals surface area contributed by atoms with E-state index in [1.54, 1.807) is 37.6 Å². The van der Waals surface area contributed by atoms with E-state index >= 15 is 0 Å². The first-order chi connectivity index (χ1) is 8.19. The Kier molecular flexibility index (Phi) is 3.35. The van der Waals surface area contributed by atoms with Gasteiger partial charge in [0, 0.05) is 5.69 Å². The number of hydrogen-bond donors (Lipinski definition) is 2. The molecule has 0 aliphatic heterocycles. The molecule has 0 radical (unpaired) electrons. The summed E-state index contributed by atoms with van der Waals surface area (Å²) in [5, 5.41) is 3.67. The maximum absolute atomic E-state index is 6.02. The van der Waals surface area contributed by atoms with Crippen molar-refractivity contribution >= 4 is 28.8 Å². The molecule has 0 aliphatic carbocycles. The minimum absolute atomic E-state index is 0.549. The minimum Gasteiger partial charge on any atom is -0.495 e. The van der Waals surface area contributed by atoms with Crippen LogP contribution in [0, 0.1) is 0 Å². The third kappa shape index (κ3) is 2.79. The van der Waals surface area contributed by atoms with Crippen LogP contribution in [-0.4, -0.2) is 12.1 Å². The van der Waals surface area contributed by atoms with Gasteiger partial charge in [-0.3, -0.25) is 0 Å². The van der Waals surface area contributed by atoms with Gasteiger partial charge in [0.05, 0.1) is 24.0 Å². The van der Waals surface area contributed by atoms with E-state index in [2.05, 4.69) is 10.3 Å². The molecule has 88 valence electrons. The number of halogens is 1. The average Bonchev–Trinajstić information content (AvgIpc) is 2.32. The van der Waals surface area contributed by atoms with Crippen molar-refractivity contribution in [2.45, 2.75) is 0 Å². The van der Waals surface area contributed by atoms with Gasteiger partial charge in [-0.2, -0.15) is 0 Å². The summed E-state index contributed by atoms with van der Waals surface area (Å²) in [4.78, 5) is 4.14. The van der Waals surface area contributed by atoms with Crippen molar-refractivity contribution < 1.29 is 4.74 Å². The Labute approximate surface area is 104 Å². The Bertz CT molecular complexity index is 514. The molecule has 0 unspecified atom stereocenters. The Morgan fingerprint density at radius 1 is 1.29 bits per heavy atom. The second-order valence-corrected chi connectivity index (χ2v) is 3.86. The van der Waals surface area contributed by atoms with Gasteiger partial charge < -0.3 is 15.8 Å². The summed E-state index contributed by atoms with van der Waals surface area (Å²) >= 11 is 6.02. The molecule has 0 bridgehead atoms. The summed E-state index contributed by atoms with van der Waals surface area (Å²) < 4.78 is 5.07. The first-order valence-corrected chi connectivity index (χ1v) is 5.39. The third-order valence-corrected chi connectivity index (χ3v) is 2.51. The molecule has 5 heteroatoms. The molecule has 17 heavy (non-hydrogen) atoms. The van der Waals surface area contributed by atoms with Crippen LogP contribution in [-0.2, 0) is 0 Å². The summed E-state index contributed by atoms with van der Waals surface area (Å²) in [6, 6.07) is 9.01. The molecule has 0 aliphatic rings. The fraction of sp³-hybridized carbons (Fsp3) is 0.0833. The number of anilines is 3. The van der Waals surface area contributed by atoms with Gasteiger partial charge in [-0.05, 0) is 30.3 Å². The van der Waals surface area contributed by atoms with Gasteiger partial charge in [0.1, 0.15) is 11.6 Å². The maximum Gasteiger partial charge on any atom is 0.137 e. The second-order valence-electron chi connectivity index (χ2n) is 3.45. The standard InChI is InChI=1S/C12H12ClN3O/c1-17-11-4-3-9(6-10(11)13)16-12-5-2-8(14)7-15-12/h2-7H,14H2,1H3,(H,15,16). The first kappa shape index (κ1) is 11.5. The van der Waals surface area contributed by atoms with Crippen molar-refractivity contribution in [2.75, 3.05) is 18.2 Å². The van der Waals surface area contributed by atoms with E-state index in [9.17, 15) is 0 Å². The van der Waals surface area contributed by atoms with Crippen molar-refractivity contribution in [3.05, 3.63) is 41.6 Å².